The maximum Gasteiger partial charge on any atom is 0.435 e. The first-order valence-corrected chi connectivity index (χ1v) is 9.40. The van der Waals surface area contributed by atoms with Crippen LogP contribution in [-0.4, -0.2) is 34.4 Å². The Bertz CT molecular complexity index is 757. The second-order valence-electron chi connectivity index (χ2n) is 7.06. The van der Waals surface area contributed by atoms with Gasteiger partial charge in [-0.1, -0.05) is 40.9 Å². The van der Waals surface area contributed by atoms with Crippen molar-refractivity contribution in [1.82, 2.24) is 9.96 Å². The van der Waals surface area contributed by atoms with Gasteiger partial charge in [-0.3, -0.25) is 9.59 Å². The van der Waals surface area contributed by atoms with Crippen molar-refractivity contribution in [1.29, 1.82) is 0 Å². The highest BCUT2D eigenvalue weighted by molar-refractivity contribution is 9.10. The molecule has 3 amide bonds. The molecular weight excluding hydrogens is 388 g/mol. The summed E-state index contributed by atoms with van der Waals surface area (Å²) in [7, 11) is 0. The summed E-state index contributed by atoms with van der Waals surface area (Å²) in [5.74, 6) is -0.746. The van der Waals surface area contributed by atoms with E-state index in [1.165, 1.54) is 10.5 Å². The lowest BCUT2D eigenvalue weighted by molar-refractivity contribution is -0.176. The van der Waals surface area contributed by atoms with Crippen molar-refractivity contribution in [3.8, 4) is 0 Å². The second kappa shape index (κ2) is 6.12. The van der Waals surface area contributed by atoms with E-state index in [-0.39, 0.29) is 12.3 Å². The van der Waals surface area contributed by atoms with Gasteiger partial charge in [0.05, 0.1) is 5.41 Å². The van der Waals surface area contributed by atoms with Crippen molar-refractivity contribution in [3.63, 3.8) is 0 Å². The maximum atomic E-state index is 12.6. The number of hydrogen-bond acceptors (Lipinski definition) is 4. The number of fused-ring (bicyclic) bond motifs is 1. The summed E-state index contributed by atoms with van der Waals surface area (Å²) in [6, 6.07) is 5.88. The Hall–Kier alpha value is -1.89. The number of hydroxylamine groups is 2. The highest BCUT2D eigenvalue weighted by Crippen LogP contribution is 2.47. The summed E-state index contributed by atoms with van der Waals surface area (Å²) < 4.78 is 1.03. The minimum atomic E-state index is -0.637. The minimum Gasteiger partial charge on any atom is -0.311 e. The zero-order valence-electron chi connectivity index (χ0n) is 13.8. The summed E-state index contributed by atoms with van der Waals surface area (Å²) in [6.07, 6.45) is 3.53. The molecule has 0 bridgehead atoms. The van der Waals surface area contributed by atoms with E-state index in [2.05, 4.69) is 15.9 Å². The lowest BCUT2D eigenvalue weighted by atomic mass is 9.85. The Labute approximate surface area is 154 Å². The molecule has 0 unspecified atom stereocenters. The van der Waals surface area contributed by atoms with Crippen LogP contribution in [0.1, 0.15) is 43.2 Å². The Morgan fingerprint density at radius 1 is 1.20 bits per heavy atom. The smallest absolute Gasteiger partial charge is 0.311 e. The van der Waals surface area contributed by atoms with Crippen molar-refractivity contribution in [2.75, 3.05) is 6.54 Å². The zero-order valence-corrected chi connectivity index (χ0v) is 15.4. The Morgan fingerprint density at radius 3 is 2.72 bits per heavy atom. The Kier molecular flexibility index (Phi) is 4.06. The fourth-order valence-corrected chi connectivity index (χ4v) is 4.76. The van der Waals surface area contributed by atoms with Crippen LogP contribution in [0.5, 0.6) is 0 Å². The van der Waals surface area contributed by atoms with Gasteiger partial charge in [-0.2, -0.15) is 0 Å². The van der Waals surface area contributed by atoms with Crippen LogP contribution in [0.25, 0.3) is 0 Å². The van der Waals surface area contributed by atoms with Crippen molar-refractivity contribution in [2.45, 2.75) is 45.1 Å². The molecule has 6 nitrogen and oxygen atoms in total. The van der Waals surface area contributed by atoms with Crippen LogP contribution < -0.4 is 0 Å². The van der Waals surface area contributed by atoms with Crippen molar-refractivity contribution in [3.05, 3.63) is 33.8 Å². The van der Waals surface area contributed by atoms with E-state index < -0.39 is 17.4 Å². The lowest BCUT2D eigenvalue weighted by Crippen LogP contribution is -2.43. The summed E-state index contributed by atoms with van der Waals surface area (Å²) in [5.41, 5.74) is 1.60. The SMILES string of the molecule is O=C(ON1C(=O)CC2(CCCC2)C1=O)N1CCc2c(Br)cccc2C1. The molecule has 1 aliphatic carbocycles. The normalized spacial score (nSPS) is 21.8. The number of imide groups is 1. The average molecular weight is 407 g/mol. The van der Waals surface area contributed by atoms with Crippen LogP contribution in [0.2, 0.25) is 0 Å². The number of carbonyl (C=O) groups excluding carboxylic acids is 3. The van der Waals surface area contributed by atoms with E-state index in [1.54, 1.807) is 0 Å². The lowest BCUT2D eigenvalue weighted by Gasteiger charge is -2.29. The molecule has 3 aliphatic rings. The van der Waals surface area contributed by atoms with Crippen molar-refractivity contribution in [2.24, 2.45) is 5.41 Å². The largest absolute Gasteiger partial charge is 0.435 e. The summed E-state index contributed by atoms with van der Waals surface area (Å²) in [6.45, 7) is 0.908. The molecule has 132 valence electrons. The highest BCUT2D eigenvalue weighted by Gasteiger charge is 2.54. The van der Waals surface area contributed by atoms with Gasteiger partial charge in [-0.05, 0) is 36.5 Å². The van der Waals surface area contributed by atoms with Gasteiger partial charge < -0.3 is 9.74 Å². The summed E-state index contributed by atoms with van der Waals surface area (Å²) in [5, 5.41) is 0.712. The molecule has 2 aliphatic heterocycles. The number of hydrogen-bond donors (Lipinski definition) is 0. The van der Waals surface area contributed by atoms with E-state index in [1.807, 2.05) is 18.2 Å². The van der Waals surface area contributed by atoms with Gasteiger partial charge in [0.1, 0.15) is 0 Å². The molecule has 1 spiro atoms. The van der Waals surface area contributed by atoms with Gasteiger partial charge >= 0.3 is 6.09 Å². The molecule has 0 radical (unpaired) electrons. The van der Waals surface area contributed by atoms with E-state index in [0.717, 1.165) is 22.9 Å². The summed E-state index contributed by atoms with van der Waals surface area (Å²) >= 11 is 3.53. The van der Waals surface area contributed by atoms with Crippen LogP contribution in [0, 0.1) is 5.41 Å². The van der Waals surface area contributed by atoms with Crippen molar-refractivity contribution < 1.29 is 19.2 Å². The van der Waals surface area contributed by atoms with Crippen LogP contribution in [0.3, 0.4) is 0 Å². The molecule has 1 aromatic rings. The molecule has 4 rings (SSSR count). The molecule has 0 atom stereocenters. The molecule has 7 heteroatoms. The number of nitrogens with zero attached hydrogens (tertiary/aromatic N) is 2. The van der Waals surface area contributed by atoms with Gasteiger partial charge in [0, 0.05) is 24.0 Å². The molecule has 2 fully saturated rings. The molecule has 25 heavy (non-hydrogen) atoms. The minimum absolute atomic E-state index is 0.162. The van der Waals surface area contributed by atoms with E-state index in [9.17, 15) is 14.4 Å². The monoisotopic (exact) mass is 406 g/mol. The van der Waals surface area contributed by atoms with Gasteiger partial charge in [-0.25, -0.2) is 4.79 Å². The highest BCUT2D eigenvalue weighted by atomic mass is 79.9. The van der Waals surface area contributed by atoms with Gasteiger partial charge in [-0.15, -0.1) is 5.06 Å². The fourth-order valence-electron chi connectivity index (χ4n) is 4.15. The van der Waals surface area contributed by atoms with Crippen molar-refractivity contribution >= 4 is 33.8 Å². The van der Waals surface area contributed by atoms with Gasteiger partial charge in [0.15, 0.2) is 0 Å². The maximum absolute atomic E-state index is 12.6. The van der Waals surface area contributed by atoms with Crippen LogP contribution >= 0.6 is 15.9 Å². The number of benzene rings is 1. The third-order valence-electron chi connectivity index (χ3n) is 5.55. The van der Waals surface area contributed by atoms with Crippen LogP contribution in [0.15, 0.2) is 22.7 Å². The molecule has 2 heterocycles. The van der Waals surface area contributed by atoms with E-state index in [0.29, 0.717) is 37.4 Å². The first kappa shape index (κ1) is 16.6. The Morgan fingerprint density at radius 2 is 1.96 bits per heavy atom. The first-order chi connectivity index (χ1) is 12.0. The quantitative estimate of drug-likeness (QED) is 0.671. The number of rotatable bonds is 1. The first-order valence-electron chi connectivity index (χ1n) is 8.61. The fraction of sp³-hybridized carbons (Fsp3) is 0.500. The predicted octanol–water partition coefficient (Wildman–Crippen LogP) is 3.18. The second-order valence-corrected chi connectivity index (χ2v) is 7.92. The summed E-state index contributed by atoms with van der Waals surface area (Å²) in [4.78, 5) is 44.1. The Balaban J connectivity index is 1.46. The van der Waals surface area contributed by atoms with Crippen LogP contribution in [0.4, 0.5) is 4.79 Å². The topological polar surface area (TPSA) is 66.9 Å². The number of amides is 3. The van der Waals surface area contributed by atoms with E-state index >= 15 is 0 Å². The molecule has 1 aromatic carbocycles. The standard InChI is InChI=1S/C18H19BrN2O4/c19-14-5-3-4-12-11-20(9-6-13(12)14)17(24)25-21-15(22)10-18(16(21)23)7-1-2-8-18/h3-5H,1-2,6-11H2. The average Bonchev–Trinajstić information content (AvgIpc) is 3.16. The third kappa shape index (κ3) is 2.74. The molecule has 0 aromatic heterocycles. The van der Waals surface area contributed by atoms with Gasteiger partial charge in [0.25, 0.3) is 11.8 Å². The van der Waals surface area contributed by atoms with Gasteiger partial charge in [0.2, 0.25) is 0 Å². The van der Waals surface area contributed by atoms with Crippen LogP contribution in [-0.2, 0) is 27.4 Å². The van der Waals surface area contributed by atoms with E-state index in [4.69, 9.17) is 4.84 Å². The molecule has 1 saturated carbocycles. The third-order valence-corrected chi connectivity index (χ3v) is 6.29. The number of carbonyl (C=O) groups is 3. The molecule has 0 N–H and O–H groups in total. The molecule has 1 saturated heterocycles. The predicted molar refractivity (Wildman–Crippen MR) is 92.1 cm³/mol. The zero-order chi connectivity index (χ0) is 17.6. The molecular formula is C18H19BrN2O4. The number of halogens is 1.